The molecule has 6 aromatic rings. The van der Waals surface area contributed by atoms with Crippen LogP contribution in [0.4, 0.5) is 17.1 Å². The van der Waals surface area contributed by atoms with E-state index in [1.807, 2.05) is 30.3 Å². The zero-order chi connectivity index (χ0) is 45.5. The normalized spacial score (nSPS) is 18.3. The first-order valence-electron chi connectivity index (χ1n) is 21.7. The zero-order valence-electron chi connectivity index (χ0n) is 36.2. The maximum Gasteiger partial charge on any atom is 0.293 e. The average molecular weight is 923 g/mol. The zero-order valence-corrected chi connectivity index (χ0v) is 37.7. The van der Waals surface area contributed by atoms with Crippen molar-refractivity contribution in [2.75, 3.05) is 69.2 Å². The number of hydrogen-bond acceptors (Lipinski definition) is 13. The molecule has 65 heavy (non-hydrogen) atoms. The van der Waals surface area contributed by atoms with Gasteiger partial charge in [0.05, 0.1) is 45.5 Å². The molecule has 4 N–H and O–H groups in total. The van der Waals surface area contributed by atoms with Crippen molar-refractivity contribution in [2.45, 2.75) is 50.8 Å². The van der Waals surface area contributed by atoms with Crippen LogP contribution in [-0.2, 0) is 21.5 Å². The number of ether oxygens (including phenoxy) is 1. The number of carbonyl (C=O) groups is 1. The summed E-state index contributed by atoms with van der Waals surface area (Å²) >= 11 is 6.26. The number of allylic oxidation sites excluding steroid dienone is 1. The summed E-state index contributed by atoms with van der Waals surface area (Å²) in [7, 11) is -4.61. The molecule has 1 atom stereocenters. The molecule has 2 fully saturated rings. The Morgan fingerprint density at radius 3 is 2.60 bits per heavy atom. The summed E-state index contributed by atoms with van der Waals surface area (Å²) < 4.78 is 38.7. The van der Waals surface area contributed by atoms with Crippen LogP contribution in [0.25, 0.3) is 33.3 Å². The molecule has 3 aromatic carbocycles. The van der Waals surface area contributed by atoms with Gasteiger partial charge in [-0.15, -0.1) is 0 Å². The van der Waals surface area contributed by atoms with Crippen molar-refractivity contribution in [3.05, 3.63) is 117 Å². The lowest BCUT2D eigenvalue weighted by Gasteiger charge is -2.39. The van der Waals surface area contributed by atoms with E-state index >= 15 is 0 Å². The number of aliphatic hydroxyl groups is 1. The summed E-state index contributed by atoms with van der Waals surface area (Å²) in [5.41, 5.74) is 6.68. The maximum absolute atomic E-state index is 14.2. The molecule has 0 saturated carbocycles. The van der Waals surface area contributed by atoms with Crippen LogP contribution in [0, 0.1) is 15.5 Å². The molecule has 9 rings (SSSR count). The third-order valence-electron chi connectivity index (χ3n) is 12.6. The SMILES string of the molecule is CC1(C)CCC(CN2CCN(c3ccc(C(=O)NS(=O)(=O)c4ccc(NC[C@@H]5CNCCO5)c([N+](=O)[O-])c4)c(-n4ncc5nc6c(ccn6CO)cc54)c3)CC2)=C(c2ccc(Cl)cc2)C1. The Kier molecular flexibility index (Phi) is 12.4. The van der Waals surface area contributed by atoms with Crippen LogP contribution in [0.3, 0.4) is 0 Å². The van der Waals surface area contributed by atoms with Gasteiger partial charge in [0.2, 0.25) is 0 Å². The highest BCUT2D eigenvalue weighted by Crippen LogP contribution is 2.43. The molecule has 0 unspecified atom stereocenters. The van der Waals surface area contributed by atoms with Gasteiger partial charge in [0.1, 0.15) is 23.6 Å². The predicted octanol–water partition coefficient (Wildman–Crippen LogP) is 6.19. The first-order valence-corrected chi connectivity index (χ1v) is 23.6. The molecular weight excluding hydrogens is 872 g/mol. The maximum atomic E-state index is 14.2. The van der Waals surface area contributed by atoms with Gasteiger partial charge in [0.25, 0.3) is 21.6 Å². The third kappa shape index (κ3) is 9.45. The fourth-order valence-corrected chi connectivity index (χ4v) is 10.1. The molecule has 5 heterocycles. The lowest BCUT2D eigenvalue weighted by Crippen LogP contribution is -2.47. The minimum atomic E-state index is -4.61. The Morgan fingerprint density at radius 1 is 1.06 bits per heavy atom. The number of rotatable bonds is 13. The van der Waals surface area contributed by atoms with Gasteiger partial charge in [0.15, 0.2) is 0 Å². The van der Waals surface area contributed by atoms with Crippen LogP contribution in [0.2, 0.25) is 5.02 Å². The highest BCUT2D eigenvalue weighted by Gasteiger charge is 2.31. The van der Waals surface area contributed by atoms with Crippen molar-refractivity contribution in [1.82, 2.24) is 34.3 Å². The summed E-state index contributed by atoms with van der Waals surface area (Å²) in [6, 6.07) is 20.5. The second-order valence-corrected chi connectivity index (χ2v) is 19.8. The molecule has 0 radical (unpaired) electrons. The average Bonchev–Trinajstić information content (AvgIpc) is 3.91. The molecule has 0 bridgehead atoms. The fraction of sp³-hybridized carbons (Fsp3) is 0.370. The van der Waals surface area contributed by atoms with Gasteiger partial charge in [-0.3, -0.25) is 19.8 Å². The number of morpholine rings is 1. The largest absolute Gasteiger partial charge is 0.377 e. The summed E-state index contributed by atoms with van der Waals surface area (Å²) in [6.07, 6.45) is 6.21. The number of pyridine rings is 1. The van der Waals surface area contributed by atoms with Crippen LogP contribution >= 0.6 is 11.6 Å². The minimum absolute atomic E-state index is 0.00440. The van der Waals surface area contributed by atoms with Crippen LogP contribution in [0.1, 0.15) is 49.0 Å². The third-order valence-corrected chi connectivity index (χ3v) is 14.2. The lowest BCUT2D eigenvalue weighted by atomic mass is 9.72. The van der Waals surface area contributed by atoms with Crippen molar-refractivity contribution in [3.63, 3.8) is 0 Å². The number of nitro groups is 1. The van der Waals surface area contributed by atoms with E-state index in [2.05, 4.69) is 56.2 Å². The molecule has 2 saturated heterocycles. The number of carbonyl (C=O) groups excluding carboxylic acids is 1. The number of hydrogen-bond donors (Lipinski definition) is 4. The quantitative estimate of drug-likeness (QED) is 0.0756. The van der Waals surface area contributed by atoms with E-state index in [0.29, 0.717) is 55.2 Å². The second-order valence-electron chi connectivity index (χ2n) is 17.6. The van der Waals surface area contributed by atoms with Gasteiger partial charge in [-0.2, -0.15) is 5.10 Å². The number of benzene rings is 3. The molecule has 17 nitrogen and oxygen atoms in total. The number of nitrogens with zero attached hydrogens (tertiary/aromatic N) is 7. The molecule has 2 aliphatic heterocycles. The van der Waals surface area contributed by atoms with Gasteiger partial charge in [-0.1, -0.05) is 43.2 Å². The number of nitro benzene ring substituents is 1. The first kappa shape index (κ1) is 44.3. The van der Waals surface area contributed by atoms with E-state index in [4.69, 9.17) is 21.3 Å². The number of halogens is 1. The number of aliphatic hydroxyl groups excluding tert-OH is 1. The monoisotopic (exact) mass is 922 g/mol. The Labute approximate surface area is 381 Å². The Bertz CT molecular complexity index is 2920. The molecule has 19 heteroatoms. The number of nitrogens with one attached hydrogen (secondary N) is 3. The number of anilines is 2. The van der Waals surface area contributed by atoms with Crippen molar-refractivity contribution in [1.29, 1.82) is 0 Å². The highest BCUT2D eigenvalue weighted by atomic mass is 35.5. The Hall–Kier alpha value is -5.89. The van der Waals surface area contributed by atoms with Crippen molar-refractivity contribution < 1.29 is 28.0 Å². The number of aromatic nitrogens is 4. The van der Waals surface area contributed by atoms with Crippen molar-refractivity contribution in [3.8, 4) is 5.69 Å². The molecule has 3 aliphatic rings. The molecule has 3 aromatic heterocycles. The number of amides is 1. The van der Waals surface area contributed by atoms with Gasteiger partial charge < -0.3 is 29.9 Å². The summed E-state index contributed by atoms with van der Waals surface area (Å²) in [5, 5.41) is 34.3. The van der Waals surface area contributed by atoms with E-state index in [-0.39, 0.29) is 36.0 Å². The van der Waals surface area contributed by atoms with E-state index in [1.54, 1.807) is 33.8 Å². The summed E-state index contributed by atoms with van der Waals surface area (Å²) in [5.74, 6) is -0.951. The van der Waals surface area contributed by atoms with Crippen LogP contribution in [-0.4, -0.2) is 114 Å². The summed E-state index contributed by atoms with van der Waals surface area (Å²) in [6.45, 7) is 10.3. The van der Waals surface area contributed by atoms with Gasteiger partial charge in [-0.05, 0) is 90.4 Å². The molecule has 1 amide bonds. The molecule has 0 spiro atoms. The van der Waals surface area contributed by atoms with Crippen LogP contribution < -0.4 is 20.3 Å². The van der Waals surface area contributed by atoms with Crippen LogP contribution in [0.5, 0.6) is 0 Å². The van der Waals surface area contributed by atoms with E-state index in [9.17, 15) is 28.4 Å². The second kappa shape index (κ2) is 18.2. The first-order chi connectivity index (χ1) is 31.2. The van der Waals surface area contributed by atoms with E-state index in [1.165, 1.54) is 28.8 Å². The van der Waals surface area contributed by atoms with Crippen molar-refractivity contribution in [2.24, 2.45) is 5.41 Å². The smallest absolute Gasteiger partial charge is 0.293 e. The topological polar surface area (TPSA) is 202 Å². The highest BCUT2D eigenvalue weighted by molar-refractivity contribution is 7.90. The lowest BCUT2D eigenvalue weighted by molar-refractivity contribution is -0.384. The number of piperazine rings is 1. The number of sulfonamides is 1. The van der Waals surface area contributed by atoms with Gasteiger partial charge in [0, 0.05) is 80.7 Å². The van der Waals surface area contributed by atoms with Gasteiger partial charge >= 0.3 is 0 Å². The van der Waals surface area contributed by atoms with Crippen molar-refractivity contribution >= 4 is 72.2 Å². The van der Waals surface area contributed by atoms with Gasteiger partial charge in [-0.25, -0.2) is 22.8 Å². The summed E-state index contributed by atoms with van der Waals surface area (Å²) in [4.78, 5) is 34.7. The Morgan fingerprint density at radius 2 is 1.86 bits per heavy atom. The van der Waals surface area contributed by atoms with Crippen LogP contribution in [0.15, 0.2) is 95.7 Å². The molecule has 340 valence electrons. The number of fused-ring (bicyclic) bond motifs is 2. The van der Waals surface area contributed by atoms with E-state index in [0.717, 1.165) is 61.1 Å². The molecule has 1 aliphatic carbocycles. The standard InChI is InChI=1S/C46H51ClN10O7S/c1-46(2)13-11-32(38(24-46)30-3-5-33(47)6-4-30)28-53-16-18-54(19-17-53)34-7-9-37(41(22-34)56-42-21-31-12-15-55(29-58)44(31)51-40(42)27-50-56)45(59)52-65(62,63)36-8-10-39(43(23-36)57(60)61)49-26-35-25-48-14-20-64-35/h3-10,12,15,21-23,27,35,48-49,58H,11,13-14,16-20,24-26,28-29H2,1-2H3,(H,52,59)/t35-/m0/s1. The fourth-order valence-electron chi connectivity index (χ4n) is 9.03. The minimum Gasteiger partial charge on any atom is -0.377 e. The van der Waals surface area contributed by atoms with E-state index < -0.39 is 31.4 Å². The molecular formula is C46H51ClN10O7S. The Balaban J connectivity index is 0.991. The predicted molar refractivity (Wildman–Crippen MR) is 250 cm³/mol.